The van der Waals surface area contributed by atoms with Crippen LogP contribution in [-0.2, 0) is 14.3 Å². The van der Waals surface area contributed by atoms with Crippen molar-refractivity contribution in [2.45, 2.75) is 63.8 Å². The zero-order chi connectivity index (χ0) is 36.1. The number of benzene rings is 2. The lowest BCUT2D eigenvalue weighted by Gasteiger charge is -2.25. The van der Waals surface area contributed by atoms with E-state index >= 15 is 4.39 Å². The SMILES string of the molecule is O=C(/C=C/CCC1(COc2ccc(/C(=C(/CC(F)(F)F)c3ccccc3)c3ccc4c(c3)c(F)nn4C3CCCCO3)cn2)CC1)N1CCOCC1. The molecule has 4 aromatic rings. The van der Waals surface area contributed by atoms with Crippen LogP contribution < -0.4 is 4.74 Å². The molecule has 12 heteroatoms. The fraction of sp³-hybridized carbons (Fsp3) is 0.425. The van der Waals surface area contributed by atoms with Crippen LogP contribution in [0, 0.1) is 11.4 Å². The van der Waals surface area contributed by atoms with Crippen molar-refractivity contribution in [1.82, 2.24) is 19.7 Å². The molecule has 0 N–H and O–H groups in total. The molecule has 3 aliphatic rings. The second-order valence-electron chi connectivity index (χ2n) is 13.9. The second kappa shape index (κ2) is 15.6. The summed E-state index contributed by atoms with van der Waals surface area (Å²) in [4.78, 5) is 18.7. The fourth-order valence-electron chi connectivity index (χ4n) is 7.03. The van der Waals surface area contributed by atoms with Crippen LogP contribution in [0.15, 0.2) is 79.0 Å². The lowest BCUT2D eigenvalue weighted by Crippen LogP contribution is -2.39. The van der Waals surface area contributed by atoms with Crippen LogP contribution in [0.2, 0.25) is 0 Å². The Kier molecular flexibility index (Phi) is 10.7. The third-order valence-corrected chi connectivity index (χ3v) is 10.1. The zero-order valence-electron chi connectivity index (χ0n) is 28.9. The molecule has 1 atom stereocenters. The lowest BCUT2D eigenvalue weighted by molar-refractivity contribution is -0.130. The molecule has 1 amide bonds. The van der Waals surface area contributed by atoms with E-state index < -0.39 is 24.8 Å². The molecule has 2 aliphatic heterocycles. The van der Waals surface area contributed by atoms with Crippen LogP contribution >= 0.6 is 0 Å². The van der Waals surface area contributed by atoms with Gasteiger partial charge in [0.05, 0.1) is 37.1 Å². The number of hydrogen-bond donors (Lipinski definition) is 0. The Morgan fingerprint density at radius 3 is 2.46 bits per heavy atom. The first-order chi connectivity index (χ1) is 25.2. The molecule has 0 bridgehead atoms. The number of carbonyl (C=O) groups excluding carboxylic acids is 1. The summed E-state index contributed by atoms with van der Waals surface area (Å²) in [6, 6.07) is 16.8. The predicted molar refractivity (Wildman–Crippen MR) is 189 cm³/mol. The highest BCUT2D eigenvalue weighted by molar-refractivity contribution is 6.00. The van der Waals surface area contributed by atoms with E-state index in [2.05, 4.69) is 10.1 Å². The van der Waals surface area contributed by atoms with E-state index in [0.29, 0.717) is 79.6 Å². The number of fused-ring (bicyclic) bond motifs is 1. The Morgan fingerprint density at radius 2 is 1.77 bits per heavy atom. The molecule has 0 radical (unpaired) electrons. The summed E-state index contributed by atoms with van der Waals surface area (Å²) in [6.45, 7) is 3.34. The van der Waals surface area contributed by atoms with Crippen molar-refractivity contribution in [3.63, 3.8) is 0 Å². The number of amides is 1. The first-order valence-corrected chi connectivity index (χ1v) is 18.0. The number of carbonyl (C=O) groups is 1. The van der Waals surface area contributed by atoms with Crippen molar-refractivity contribution in [1.29, 1.82) is 0 Å². The largest absolute Gasteiger partial charge is 0.477 e. The number of rotatable bonds is 12. The molecule has 1 aliphatic carbocycles. The van der Waals surface area contributed by atoms with Crippen LogP contribution in [0.1, 0.15) is 74.3 Å². The third kappa shape index (κ3) is 8.56. The number of morpholine rings is 1. The summed E-state index contributed by atoms with van der Waals surface area (Å²) >= 11 is 0. The highest BCUT2D eigenvalue weighted by atomic mass is 19.4. The summed E-state index contributed by atoms with van der Waals surface area (Å²) in [6.07, 6.45) is 5.13. The van der Waals surface area contributed by atoms with Crippen molar-refractivity contribution < 1.29 is 36.6 Å². The zero-order valence-corrected chi connectivity index (χ0v) is 28.9. The molecule has 1 unspecified atom stereocenters. The van der Waals surface area contributed by atoms with Gasteiger partial charge in [0.2, 0.25) is 17.7 Å². The molecule has 7 rings (SSSR count). The molecule has 2 aromatic carbocycles. The van der Waals surface area contributed by atoms with Gasteiger partial charge < -0.3 is 19.1 Å². The molecule has 2 aromatic heterocycles. The van der Waals surface area contributed by atoms with Gasteiger partial charge in [0.25, 0.3) is 0 Å². The van der Waals surface area contributed by atoms with Gasteiger partial charge in [-0.1, -0.05) is 42.5 Å². The van der Waals surface area contributed by atoms with Crippen LogP contribution in [0.5, 0.6) is 5.88 Å². The molecule has 3 fully saturated rings. The molecule has 4 heterocycles. The highest BCUT2D eigenvalue weighted by Gasteiger charge is 2.42. The van der Waals surface area contributed by atoms with Crippen molar-refractivity contribution in [2.24, 2.45) is 5.41 Å². The van der Waals surface area contributed by atoms with Crippen molar-refractivity contribution >= 4 is 28.0 Å². The van der Waals surface area contributed by atoms with Crippen LogP contribution in [-0.4, -0.2) is 71.3 Å². The minimum absolute atomic E-state index is 0.00179. The molecular formula is C40H42F4N4O4. The number of ether oxygens (including phenoxy) is 3. The van der Waals surface area contributed by atoms with Gasteiger partial charge in [0.15, 0.2) is 6.23 Å². The molecule has 2 saturated heterocycles. The van der Waals surface area contributed by atoms with Crippen molar-refractivity contribution in [3.8, 4) is 5.88 Å². The molecular weight excluding hydrogens is 676 g/mol. The first kappa shape index (κ1) is 35.8. The van der Waals surface area contributed by atoms with Crippen molar-refractivity contribution in [2.75, 3.05) is 39.5 Å². The third-order valence-electron chi connectivity index (χ3n) is 10.1. The van der Waals surface area contributed by atoms with Gasteiger partial charge >= 0.3 is 6.18 Å². The molecule has 52 heavy (non-hydrogen) atoms. The average Bonchev–Trinajstić information content (AvgIpc) is 3.87. The van der Waals surface area contributed by atoms with E-state index in [9.17, 15) is 18.0 Å². The molecule has 8 nitrogen and oxygen atoms in total. The van der Waals surface area contributed by atoms with Gasteiger partial charge in [-0.25, -0.2) is 9.67 Å². The summed E-state index contributed by atoms with van der Waals surface area (Å²) < 4.78 is 77.0. The van der Waals surface area contributed by atoms with Gasteiger partial charge in [-0.3, -0.25) is 4.79 Å². The maximum absolute atomic E-state index is 15.4. The maximum atomic E-state index is 15.4. The number of nitrogens with zero attached hydrogens (tertiary/aromatic N) is 4. The van der Waals surface area contributed by atoms with Gasteiger partial charge in [0.1, 0.15) is 0 Å². The van der Waals surface area contributed by atoms with Gasteiger partial charge in [-0.15, -0.1) is 5.10 Å². The quantitative estimate of drug-likeness (QED) is 0.0831. The Bertz CT molecular complexity index is 1910. The predicted octanol–water partition coefficient (Wildman–Crippen LogP) is 8.54. The highest BCUT2D eigenvalue weighted by Crippen LogP contribution is 2.50. The van der Waals surface area contributed by atoms with E-state index in [1.54, 1.807) is 71.6 Å². The average molecular weight is 719 g/mol. The first-order valence-electron chi connectivity index (χ1n) is 18.0. The van der Waals surface area contributed by atoms with Gasteiger partial charge in [-0.2, -0.15) is 17.6 Å². The van der Waals surface area contributed by atoms with Crippen LogP contribution in [0.3, 0.4) is 0 Å². The van der Waals surface area contributed by atoms with E-state index in [1.807, 2.05) is 6.08 Å². The van der Waals surface area contributed by atoms with Gasteiger partial charge in [0, 0.05) is 42.9 Å². The molecule has 274 valence electrons. The Balaban J connectivity index is 1.14. The van der Waals surface area contributed by atoms with E-state index in [0.717, 1.165) is 38.5 Å². The minimum atomic E-state index is -4.52. The van der Waals surface area contributed by atoms with Crippen LogP contribution in [0.25, 0.3) is 22.0 Å². The Morgan fingerprint density at radius 1 is 0.981 bits per heavy atom. The Hall–Kier alpha value is -4.55. The number of halogens is 4. The summed E-state index contributed by atoms with van der Waals surface area (Å²) in [5, 5.41) is 4.33. The number of hydrogen-bond acceptors (Lipinski definition) is 6. The number of aromatic nitrogens is 3. The monoisotopic (exact) mass is 718 g/mol. The topological polar surface area (TPSA) is 78.7 Å². The summed E-state index contributed by atoms with van der Waals surface area (Å²) in [5.41, 5.74) is 2.10. The maximum Gasteiger partial charge on any atom is 0.393 e. The van der Waals surface area contributed by atoms with E-state index in [1.165, 1.54) is 10.9 Å². The Labute approximate surface area is 300 Å². The second-order valence-corrected chi connectivity index (χ2v) is 13.9. The number of alkyl halides is 3. The molecule has 0 spiro atoms. The minimum Gasteiger partial charge on any atom is -0.477 e. The standard InChI is InChI=1S/C40H42F4N4O4/c41-38-31-24-29(12-14-33(31)48(46-38)36-11-5-7-21-51-36)37(32(25-40(42,43)44)28-8-2-1-3-9-28)30-13-15-34(45-26-30)52-27-39(17-18-39)16-6-4-10-35(49)47-19-22-50-23-20-47/h1-4,8-10,12-15,24,26,36H,5-7,11,16-23,25,27H2/b10-4+,37-32-. The van der Waals surface area contributed by atoms with E-state index in [4.69, 9.17) is 14.2 Å². The fourth-order valence-corrected chi connectivity index (χ4v) is 7.03. The summed E-state index contributed by atoms with van der Waals surface area (Å²) in [5.74, 6) is -0.348. The van der Waals surface area contributed by atoms with E-state index in [-0.39, 0.29) is 22.3 Å². The molecule has 1 saturated carbocycles. The van der Waals surface area contributed by atoms with Crippen LogP contribution in [0.4, 0.5) is 17.6 Å². The van der Waals surface area contributed by atoms with Gasteiger partial charge in [-0.05, 0) is 91.5 Å². The summed E-state index contributed by atoms with van der Waals surface area (Å²) in [7, 11) is 0. The number of allylic oxidation sites excluding steroid dienone is 2. The van der Waals surface area contributed by atoms with Crippen molar-refractivity contribution in [3.05, 3.63) is 102 Å². The normalized spacial score (nSPS) is 19.5. The smallest absolute Gasteiger partial charge is 0.393 e. The lowest BCUT2D eigenvalue weighted by atomic mass is 9.88. The number of pyridine rings is 1.